The summed E-state index contributed by atoms with van der Waals surface area (Å²) in [6.07, 6.45) is 1.01. The Hall–Kier alpha value is -2.21. The first-order chi connectivity index (χ1) is 10.1. The first kappa shape index (κ1) is 13.8. The van der Waals surface area contributed by atoms with E-state index in [9.17, 15) is 4.79 Å². The quantitative estimate of drug-likeness (QED) is 0.927. The second-order valence-electron chi connectivity index (χ2n) is 5.38. The molecule has 2 aromatic rings. The highest BCUT2D eigenvalue weighted by Gasteiger charge is 2.27. The monoisotopic (exact) mass is 287 g/mol. The van der Waals surface area contributed by atoms with Crippen LogP contribution in [0.5, 0.6) is 0 Å². The van der Waals surface area contributed by atoms with Gasteiger partial charge in [-0.15, -0.1) is 10.2 Å². The molecule has 1 saturated heterocycles. The Bertz CT molecular complexity index is 636. The Morgan fingerprint density at radius 2 is 2.14 bits per heavy atom. The normalized spacial score (nSPS) is 19.0. The van der Waals surface area contributed by atoms with Gasteiger partial charge in [0.2, 0.25) is 11.8 Å². The van der Waals surface area contributed by atoms with Crippen LogP contribution in [0.25, 0.3) is 0 Å². The molecule has 3 rings (SSSR count). The fourth-order valence-corrected chi connectivity index (χ4v) is 2.67. The van der Waals surface area contributed by atoms with Crippen LogP contribution in [0.3, 0.4) is 0 Å². The molecule has 6 nitrogen and oxygen atoms in total. The van der Waals surface area contributed by atoms with Crippen LogP contribution in [0.2, 0.25) is 0 Å². The predicted octanol–water partition coefficient (Wildman–Crippen LogP) is 2.07. The molecular weight excluding hydrogens is 270 g/mol. The van der Waals surface area contributed by atoms with E-state index in [0.29, 0.717) is 17.4 Å². The molecule has 2 heterocycles. The number of aromatic nitrogens is 2. The van der Waals surface area contributed by atoms with E-state index in [1.165, 1.54) is 0 Å². The molecule has 0 saturated carbocycles. The van der Waals surface area contributed by atoms with Gasteiger partial charge in [-0.3, -0.25) is 4.90 Å². The van der Waals surface area contributed by atoms with Crippen molar-refractivity contribution in [1.82, 2.24) is 15.1 Å². The molecule has 0 radical (unpaired) electrons. The maximum atomic E-state index is 10.8. The van der Waals surface area contributed by atoms with Crippen LogP contribution in [-0.2, 0) is 6.54 Å². The van der Waals surface area contributed by atoms with Gasteiger partial charge in [0.25, 0.3) is 0 Å². The van der Waals surface area contributed by atoms with Crippen molar-refractivity contribution in [3.63, 3.8) is 0 Å². The molecule has 1 fully saturated rings. The number of rotatable bonds is 4. The summed E-state index contributed by atoms with van der Waals surface area (Å²) in [5.74, 6) is 0.725. The second kappa shape index (κ2) is 5.65. The van der Waals surface area contributed by atoms with Crippen LogP contribution in [-0.4, -0.2) is 39.3 Å². The van der Waals surface area contributed by atoms with Gasteiger partial charge >= 0.3 is 5.97 Å². The highest BCUT2D eigenvalue weighted by atomic mass is 16.4. The van der Waals surface area contributed by atoms with Crippen LogP contribution in [0.4, 0.5) is 0 Å². The summed E-state index contributed by atoms with van der Waals surface area (Å²) in [6.45, 7) is 4.48. The third-order valence-electron chi connectivity index (χ3n) is 3.77. The molecule has 0 unspecified atom stereocenters. The zero-order chi connectivity index (χ0) is 14.8. The second-order valence-corrected chi connectivity index (χ2v) is 5.38. The van der Waals surface area contributed by atoms with Crippen LogP contribution >= 0.6 is 0 Å². The average molecular weight is 287 g/mol. The number of carboxylic acids is 1. The molecule has 1 atom stereocenters. The van der Waals surface area contributed by atoms with Crippen molar-refractivity contribution in [2.45, 2.75) is 25.8 Å². The SMILES string of the molecule is Cc1nnc([C@H]2CCN(Cc3ccc(C(=O)O)cc3)C2)o1. The third kappa shape index (κ3) is 3.11. The van der Waals surface area contributed by atoms with Crippen molar-refractivity contribution in [2.24, 2.45) is 0 Å². The van der Waals surface area contributed by atoms with Crippen LogP contribution in [0.15, 0.2) is 28.7 Å². The van der Waals surface area contributed by atoms with E-state index >= 15 is 0 Å². The zero-order valence-corrected chi connectivity index (χ0v) is 11.8. The van der Waals surface area contributed by atoms with Crippen molar-refractivity contribution >= 4 is 5.97 Å². The van der Waals surface area contributed by atoms with Crippen molar-refractivity contribution < 1.29 is 14.3 Å². The molecule has 1 aromatic heterocycles. The van der Waals surface area contributed by atoms with E-state index in [1.54, 1.807) is 19.1 Å². The summed E-state index contributed by atoms with van der Waals surface area (Å²) in [7, 11) is 0. The smallest absolute Gasteiger partial charge is 0.335 e. The maximum Gasteiger partial charge on any atom is 0.335 e. The van der Waals surface area contributed by atoms with Gasteiger partial charge in [0, 0.05) is 20.0 Å². The number of carboxylic acid groups (broad SMARTS) is 1. The number of carbonyl (C=O) groups is 1. The lowest BCUT2D eigenvalue weighted by atomic mass is 10.1. The average Bonchev–Trinajstić information content (AvgIpc) is 3.08. The van der Waals surface area contributed by atoms with Crippen molar-refractivity contribution in [1.29, 1.82) is 0 Å². The van der Waals surface area contributed by atoms with E-state index in [4.69, 9.17) is 9.52 Å². The first-order valence-electron chi connectivity index (χ1n) is 6.96. The summed E-state index contributed by atoms with van der Waals surface area (Å²) >= 11 is 0. The lowest BCUT2D eigenvalue weighted by Crippen LogP contribution is -2.19. The minimum absolute atomic E-state index is 0.296. The lowest BCUT2D eigenvalue weighted by Gasteiger charge is -2.15. The van der Waals surface area contributed by atoms with E-state index in [1.807, 2.05) is 12.1 Å². The summed E-state index contributed by atoms with van der Waals surface area (Å²) in [5.41, 5.74) is 1.43. The number of hydrogen-bond donors (Lipinski definition) is 1. The maximum absolute atomic E-state index is 10.8. The number of likely N-dealkylation sites (tertiary alicyclic amines) is 1. The van der Waals surface area contributed by atoms with Crippen molar-refractivity contribution in [3.05, 3.63) is 47.2 Å². The van der Waals surface area contributed by atoms with Crippen LogP contribution in [0.1, 0.15) is 40.0 Å². The predicted molar refractivity (Wildman–Crippen MR) is 75.1 cm³/mol. The first-order valence-corrected chi connectivity index (χ1v) is 6.96. The summed E-state index contributed by atoms with van der Waals surface area (Å²) < 4.78 is 5.49. The largest absolute Gasteiger partial charge is 0.478 e. The number of benzene rings is 1. The number of nitrogens with zero attached hydrogens (tertiary/aromatic N) is 3. The molecule has 1 aliphatic heterocycles. The Morgan fingerprint density at radius 3 is 2.76 bits per heavy atom. The minimum atomic E-state index is -0.894. The number of aromatic carboxylic acids is 1. The van der Waals surface area contributed by atoms with Gasteiger partial charge in [-0.25, -0.2) is 4.79 Å². The standard InChI is InChI=1S/C15H17N3O3/c1-10-16-17-14(21-10)13-6-7-18(9-13)8-11-2-4-12(5-3-11)15(19)20/h2-5,13H,6-9H2,1H3,(H,19,20)/t13-/m0/s1. The van der Waals surface area contributed by atoms with Gasteiger partial charge in [0.15, 0.2) is 0 Å². The Labute approximate surface area is 122 Å². The molecule has 1 aliphatic rings. The molecule has 0 spiro atoms. The topological polar surface area (TPSA) is 79.5 Å². The summed E-state index contributed by atoms with van der Waals surface area (Å²) in [5, 5.41) is 16.9. The van der Waals surface area contributed by atoms with E-state index < -0.39 is 5.97 Å². The van der Waals surface area contributed by atoms with Crippen LogP contribution in [0, 0.1) is 6.92 Å². The van der Waals surface area contributed by atoms with Crippen LogP contribution < -0.4 is 0 Å². The van der Waals surface area contributed by atoms with E-state index in [-0.39, 0.29) is 0 Å². The Morgan fingerprint density at radius 1 is 1.38 bits per heavy atom. The van der Waals surface area contributed by atoms with E-state index in [2.05, 4.69) is 15.1 Å². The van der Waals surface area contributed by atoms with Crippen molar-refractivity contribution in [2.75, 3.05) is 13.1 Å². The summed E-state index contributed by atoms with van der Waals surface area (Å²) in [4.78, 5) is 13.1. The highest BCUT2D eigenvalue weighted by molar-refractivity contribution is 5.87. The minimum Gasteiger partial charge on any atom is -0.478 e. The van der Waals surface area contributed by atoms with Gasteiger partial charge in [-0.1, -0.05) is 12.1 Å². The van der Waals surface area contributed by atoms with Gasteiger partial charge in [0.05, 0.1) is 11.5 Å². The van der Waals surface area contributed by atoms with Crippen molar-refractivity contribution in [3.8, 4) is 0 Å². The molecule has 6 heteroatoms. The molecule has 1 N–H and O–H groups in total. The molecule has 0 amide bonds. The van der Waals surface area contributed by atoms with Gasteiger partial charge < -0.3 is 9.52 Å². The molecule has 1 aromatic carbocycles. The van der Waals surface area contributed by atoms with Gasteiger partial charge in [0.1, 0.15) is 0 Å². The fourth-order valence-electron chi connectivity index (χ4n) is 2.67. The lowest BCUT2D eigenvalue weighted by molar-refractivity contribution is 0.0697. The third-order valence-corrected chi connectivity index (χ3v) is 3.77. The summed E-state index contributed by atoms with van der Waals surface area (Å²) in [6, 6.07) is 7.03. The fraction of sp³-hybridized carbons (Fsp3) is 0.400. The zero-order valence-electron chi connectivity index (χ0n) is 11.8. The Balaban J connectivity index is 1.60. The number of aryl methyl sites for hydroxylation is 1. The Kier molecular flexibility index (Phi) is 3.70. The molecule has 0 bridgehead atoms. The van der Waals surface area contributed by atoms with Gasteiger partial charge in [-0.05, 0) is 30.7 Å². The highest BCUT2D eigenvalue weighted by Crippen LogP contribution is 2.27. The molecule has 110 valence electrons. The molecule has 0 aliphatic carbocycles. The molecule has 21 heavy (non-hydrogen) atoms. The van der Waals surface area contributed by atoms with Gasteiger partial charge in [-0.2, -0.15) is 0 Å². The number of hydrogen-bond acceptors (Lipinski definition) is 5. The van der Waals surface area contributed by atoms with E-state index in [0.717, 1.165) is 37.5 Å². The molecular formula is C15H17N3O3.